The number of ether oxygens (including phenoxy) is 1. The monoisotopic (exact) mass is 229 g/mol. The molecule has 0 aromatic heterocycles. The highest BCUT2D eigenvalue weighted by atomic mass is 16.6. The van der Waals surface area contributed by atoms with E-state index >= 15 is 0 Å². The Morgan fingerprint density at radius 2 is 2.19 bits per heavy atom. The fraction of sp³-hybridized carbons (Fsp3) is 0.818. The molecule has 1 aliphatic rings. The van der Waals surface area contributed by atoms with Crippen LogP contribution in [0, 0.1) is 0 Å². The number of amides is 1. The van der Waals surface area contributed by atoms with E-state index in [0.29, 0.717) is 12.8 Å². The molecule has 1 aliphatic heterocycles. The molecule has 5 heteroatoms. The molecule has 1 rings (SSSR count). The number of rotatable bonds is 3. The first kappa shape index (κ1) is 13.0. The number of likely N-dealkylation sites (tertiary alicyclic amines) is 1. The van der Waals surface area contributed by atoms with E-state index in [9.17, 15) is 9.59 Å². The van der Waals surface area contributed by atoms with Gasteiger partial charge in [0.1, 0.15) is 12.1 Å². The molecule has 0 bridgehead atoms. The van der Waals surface area contributed by atoms with Crippen LogP contribution in [0.1, 0.15) is 33.6 Å². The molecule has 0 aromatic rings. The van der Waals surface area contributed by atoms with Crippen molar-refractivity contribution in [3.63, 3.8) is 0 Å². The summed E-state index contributed by atoms with van der Waals surface area (Å²) < 4.78 is 5.13. The molecular weight excluding hydrogens is 210 g/mol. The van der Waals surface area contributed by atoms with E-state index in [1.165, 1.54) is 4.90 Å². The van der Waals surface area contributed by atoms with Crippen molar-refractivity contribution in [2.24, 2.45) is 0 Å². The maximum atomic E-state index is 11.5. The predicted octanol–water partition coefficient (Wildman–Crippen LogP) is 0.311. The SMILES string of the molecule is CC(C)(C)OC(=O)CN1C(=O)CCC1CO. The third kappa shape index (κ3) is 3.48. The first-order valence-corrected chi connectivity index (χ1v) is 5.45. The molecule has 16 heavy (non-hydrogen) atoms. The summed E-state index contributed by atoms with van der Waals surface area (Å²) in [5, 5.41) is 9.05. The maximum absolute atomic E-state index is 11.5. The number of carbonyl (C=O) groups excluding carboxylic acids is 2. The van der Waals surface area contributed by atoms with Gasteiger partial charge in [0, 0.05) is 6.42 Å². The minimum absolute atomic E-state index is 0.0681. The van der Waals surface area contributed by atoms with Crippen LogP contribution in [0.5, 0.6) is 0 Å². The van der Waals surface area contributed by atoms with Crippen molar-refractivity contribution in [3.8, 4) is 0 Å². The molecule has 1 fully saturated rings. The smallest absolute Gasteiger partial charge is 0.326 e. The van der Waals surface area contributed by atoms with Crippen LogP contribution in [-0.4, -0.2) is 46.7 Å². The summed E-state index contributed by atoms with van der Waals surface area (Å²) in [5.74, 6) is -0.522. The summed E-state index contributed by atoms with van der Waals surface area (Å²) >= 11 is 0. The topological polar surface area (TPSA) is 66.8 Å². The lowest BCUT2D eigenvalue weighted by Gasteiger charge is -2.25. The Morgan fingerprint density at radius 3 is 2.69 bits per heavy atom. The van der Waals surface area contributed by atoms with Crippen molar-refractivity contribution < 1.29 is 19.4 Å². The van der Waals surface area contributed by atoms with E-state index in [-0.39, 0.29) is 25.1 Å². The first-order chi connectivity index (χ1) is 7.33. The zero-order valence-electron chi connectivity index (χ0n) is 10.0. The number of hydrogen-bond acceptors (Lipinski definition) is 4. The highest BCUT2D eigenvalue weighted by molar-refractivity contribution is 5.84. The number of nitrogens with zero attached hydrogens (tertiary/aromatic N) is 1. The zero-order valence-corrected chi connectivity index (χ0v) is 10.0. The second kappa shape index (κ2) is 4.82. The highest BCUT2D eigenvalue weighted by Gasteiger charge is 2.32. The average molecular weight is 229 g/mol. The molecule has 1 saturated heterocycles. The lowest BCUT2D eigenvalue weighted by atomic mass is 10.2. The molecule has 1 heterocycles. The normalized spacial score (nSPS) is 21.4. The van der Waals surface area contributed by atoms with Gasteiger partial charge >= 0.3 is 5.97 Å². The predicted molar refractivity (Wildman–Crippen MR) is 57.7 cm³/mol. The van der Waals surface area contributed by atoms with Gasteiger partial charge in [-0.2, -0.15) is 0 Å². The molecule has 0 saturated carbocycles. The standard InChI is InChI=1S/C11H19NO4/c1-11(2,3)16-10(15)6-12-8(7-13)4-5-9(12)14/h8,13H,4-7H2,1-3H3. The van der Waals surface area contributed by atoms with Crippen molar-refractivity contribution >= 4 is 11.9 Å². The second-order valence-corrected chi connectivity index (χ2v) is 4.98. The van der Waals surface area contributed by atoms with Crippen LogP contribution >= 0.6 is 0 Å². The molecule has 1 unspecified atom stereocenters. The van der Waals surface area contributed by atoms with Crippen LogP contribution < -0.4 is 0 Å². The van der Waals surface area contributed by atoms with Crippen molar-refractivity contribution in [3.05, 3.63) is 0 Å². The van der Waals surface area contributed by atoms with Crippen LogP contribution in [0.15, 0.2) is 0 Å². The largest absolute Gasteiger partial charge is 0.459 e. The molecule has 0 radical (unpaired) electrons. The Hall–Kier alpha value is -1.10. The molecule has 1 amide bonds. The molecule has 0 aromatic carbocycles. The average Bonchev–Trinajstić information content (AvgIpc) is 2.44. The van der Waals surface area contributed by atoms with E-state index in [1.54, 1.807) is 20.8 Å². The Kier molecular flexibility index (Phi) is 3.91. The van der Waals surface area contributed by atoms with Gasteiger partial charge in [0.2, 0.25) is 5.91 Å². The van der Waals surface area contributed by atoms with E-state index in [0.717, 1.165) is 0 Å². The lowest BCUT2D eigenvalue weighted by molar-refractivity contribution is -0.159. The van der Waals surface area contributed by atoms with Gasteiger partial charge in [-0.05, 0) is 27.2 Å². The van der Waals surface area contributed by atoms with Crippen molar-refractivity contribution in [2.75, 3.05) is 13.2 Å². The molecule has 0 aliphatic carbocycles. The third-order valence-corrected chi connectivity index (χ3v) is 2.38. The summed E-state index contributed by atoms with van der Waals surface area (Å²) in [5.41, 5.74) is -0.547. The molecule has 1 N–H and O–H groups in total. The van der Waals surface area contributed by atoms with Gasteiger partial charge in [0.15, 0.2) is 0 Å². The lowest BCUT2D eigenvalue weighted by Crippen LogP contribution is -2.41. The Labute approximate surface area is 95.4 Å². The second-order valence-electron chi connectivity index (χ2n) is 4.98. The van der Waals surface area contributed by atoms with Crippen LogP contribution in [0.2, 0.25) is 0 Å². The zero-order chi connectivity index (χ0) is 12.3. The third-order valence-electron chi connectivity index (χ3n) is 2.38. The summed E-state index contributed by atoms with van der Waals surface area (Å²) in [7, 11) is 0. The van der Waals surface area contributed by atoms with Gasteiger partial charge in [0.25, 0.3) is 0 Å². The van der Waals surface area contributed by atoms with Crippen molar-refractivity contribution in [1.29, 1.82) is 0 Å². The van der Waals surface area contributed by atoms with Gasteiger partial charge in [-0.3, -0.25) is 9.59 Å². The van der Waals surface area contributed by atoms with Gasteiger partial charge in [0.05, 0.1) is 12.6 Å². The number of hydrogen-bond donors (Lipinski definition) is 1. The Balaban J connectivity index is 2.52. The van der Waals surface area contributed by atoms with Crippen LogP contribution in [-0.2, 0) is 14.3 Å². The van der Waals surface area contributed by atoms with E-state index in [2.05, 4.69) is 0 Å². The summed E-state index contributed by atoms with van der Waals surface area (Å²) in [6.45, 7) is 5.16. The summed E-state index contributed by atoms with van der Waals surface area (Å²) in [4.78, 5) is 24.4. The van der Waals surface area contributed by atoms with Crippen LogP contribution in [0.25, 0.3) is 0 Å². The van der Waals surface area contributed by atoms with Crippen LogP contribution in [0.4, 0.5) is 0 Å². The minimum atomic E-state index is -0.547. The minimum Gasteiger partial charge on any atom is -0.459 e. The van der Waals surface area contributed by atoms with Crippen molar-refractivity contribution in [2.45, 2.75) is 45.3 Å². The number of carbonyl (C=O) groups is 2. The van der Waals surface area contributed by atoms with Gasteiger partial charge < -0.3 is 14.7 Å². The van der Waals surface area contributed by atoms with Crippen molar-refractivity contribution in [1.82, 2.24) is 4.90 Å². The highest BCUT2D eigenvalue weighted by Crippen LogP contribution is 2.18. The quantitative estimate of drug-likeness (QED) is 0.707. The number of esters is 1. The van der Waals surface area contributed by atoms with E-state index < -0.39 is 11.6 Å². The summed E-state index contributed by atoms with van der Waals surface area (Å²) in [6, 6.07) is -0.236. The molecular formula is C11H19NO4. The first-order valence-electron chi connectivity index (χ1n) is 5.45. The molecule has 92 valence electrons. The Morgan fingerprint density at radius 1 is 1.56 bits per heavy atom. The van der Waals surface area contributed by atoms with Crippen LogP contribution in [0.3, 0.4) is 0 Å². The van der Waals surface area contributed by atoms with Gasteiger partial charge in [-0.1, -0.05) is 0 Å². The van der Waals surface area contributed by atoms with Gasteiger partial charge in [-0.15, -0.1) is 0 Å². The summed E-state index contributed by atoms with van der Waals surface area (Å²) in [6.07, 6.45) is 1.01. The fourth-order valence-corrected chi connectivity index (χ4v) is 1.71. The molecule has 0 spiro atoms. The number of aliphatic hydroxyl groups excluding tert-OH is 1. The molecule has 5 nitrogen and oxygen atoms in total. The maximum Gasteiger partial charge on any atom is 0.326 e. The van der Waals surface area contributed by atoms with E-state index in [1.807, 2.05) is 0 Å². The van der Waals surface area contributed by atoms with Gasteiger partial charge in [-0.25, -0.2) is 0 Å². The fourth-order valence-electron chi connectivity index (χ4n) is 1.71. The molecule has 1 atom stereocenters. The Bertz CT molecular complexity index is 282. The number of aliphatic hydroxyl groups is 1. The van der Waals surface area contributed by atoms with E-state index in [4.69, 9.17) is 9.84 Å².